The van der Waals surface area contributed by atoms with Crippen LogP contribution in [0, 0.1) is 5.92 Å². The zero-order chi connectivity index (χ0) is 6.27. The van der Waals surface area contributed by atoms with Gasteiger partial charge >= 0.3 is 0 Å². The molecule has 0 amide bonds. The molecule has 0 spiro atoms. The summed E-state index contributed by atoms with van der Waals surface area (Å²) in [5, 5.41) is 2.04. The van der Waals surface area contributed by atoms with Crippen molar-refractivity contribution in [3.63, 3.8) is 0 Å². The van der Waals surface area contributed by atoms with Crippen LogP contribution in [-0.2, 0) is 0 Å². The number of hydrogen-bond acceptors (Lipinski definition) is 1. The van der Waals surface area contributed by atoms with Crippen molar-refractivity contribution in [3.8, 4) is 0 Å². The van der Waals surface area contributed by atoms with E-state index in [0.717, 1.165) is 16.4 Å². The molecule has 2 aliphatic rings. The molecule has 0 aromatic rings. The van der Waals surface area contributed by atoms with E-state index in [0.29, 0.717) is 0 Å². The molecule has 0 aromatic heterocycles. The molecule has 2 fully saturated rings. The summed E-state index contributed by atoms with van der Waals surface area (Å²) < 4.78 is 0. The van der Waals surface area contributed by atoms with Crippen molar-refractivity contribution in [2.45, 2.75) is 43.1 Å². The molecule has 2 rings (SSSR count). The van der Waals surface area contributed by atoms with Crippen LogP contribution in [-0.4, -0.2) is 10.5 Å². The quantitative estimate of drug-likeness (QED) is 0.501. The normalized spacial score (nSPS) is 49.7. The average Bonchev–Trinajstić information content (AvgIpc) is 2.09. The molecule has 0 N–H and O–H groups in total. The molecule has 9 heavy (non-hydrogen) atoms. The molecule has 0 aromatic carbocycles. The summed E-state index contributed by atoms with van der Waals surface area (Å²) in [6.45, 7) is 2.40. The smallest absolute Gasteiger partial charge is 0.00528 e. The Balaban J connectivity index is 2.07. The molecule has 1 heterocycles. The van der Waals surface area contributed by atoms with Crippen molar-refractivity contribution in [1.29, 1.82) is 0 Å². The van der Waals surface area contributed by atoms with E-state index in [9.17, 15) is 0 Å². The molecule has 0 unspecified atom stereocenters. The summed E-state index contributed by atoms with van der Waals surface area (Å²) in [5.41, 5.74) is 0. The van der Waals surface area contributed by atoms with Crippen molar-refractivity contribution < 1.29 is 0 Å². The first kappa shape index (κ1) is 6.09. The van der Waals surface area contributed by atoms with Crippen LogP contribution < -0.4 is 0 Å². The van der Waals surface area contributed by atoms with E-state index >= 15 is 0 Å². The van der Waals surface area contributed by atoms with Gasteiger partial charge in [0.2, 0.25) is 0 Å². The van der Waals surface area contributed by atoms with Gasteiger partial charge in [0.1, 0.15) is 0 Å². The van der Waals surface area contributed by atoms with Crippen LogP contribution in [0.15, 0.2) is 0 Å². The Morgan fingerprint density at radius 2 is 2.22 bits per heavy atom. The Morgan fingerprint density at radius 1 is 1.33 bits per heavy atom. The van der Waals surface area contributed by atoms with E-state index in [-0.39, 0.29) is 0 Å². The summed E-state index contributed by atoms with van der Waals surface area (Å²) in [6.07, 6.45) is 6.06. The molecule has 0 nitrogen and oxygen atoms in total. The summed E-state index contributed by atoms with van der Waals surface area (Å²) >= 11 is 2.24. The van der Waals surface area contributed by atoms with E-state index < -0.39 is 0 Å². The highest BCUT2D eigenvalue weighted by atomic mass is 32.2. The van der Waals surface area contributed by atoms with Crippen molar-refractivity contribution in [1.82, 2.24) is 0 Å². The first-order valence-electron chi connectivity index (χ1n) is 4.02. The molecular weight excluding hydrogens is 128 g/mol. The van der Waals surface area contributed by atoms with Crippen molar-refractivity contribution in [3.05, 3.63) is 0 Å². The number of thioether (sulfide) groups is 1. The summed E-state index contributed by atoms with van der Waals surface area (Å²) in [7, 11) is 0. The van der Waals surface area contributed by atoms with Gasteiger partial charge in [-0.2, -0.15) is 11.8 Å². The van der Waals surface area contributed by atoms with E-state index in [1.54, 1.807) is 0 Å². The second-order valence-electron chi connectivity index (χ2n) is 3.39. The molecule has 0 radical (unpaired) electrons. The van der Waals surface area contributed by atoms with Gasteiger partial charge in [-0.15, -0.1) is 0 Å². The fraction of sp³-hybridized carbons (Fsp3) is 1.00. The lowest BCUT2D eigenvalue weighted by Gasteiger charge is -2.17. The summed E-state index contributed by atoms with van der Waals surface area (Å²) in [6, 6.07) is 0. The van der Waals surface area contributed by atoms with Gasteiger partial charge in [0.15, 0.2) is 0 Å². The predicted octanol–water partition coefficient (Wildman–Crippen LogP) is 2.68. The Labute approximate surface area is 61.4 Å². The molecule has 1 aliphatic heterocycles. The first-order chi connectivity index (χ1) is 4.36. The van der Waals surface area contributed by atoms with Gasteiger partial charge in [-0.25, -0.2) is 0 Å². The standard InChI is InChI=1S/C8H14S/c1-6-7-3-2-4-8(5-7)9-6/h6-8H,2-5H2,1H3/t6-,7-,8+/m1/s1. The fourth-order valence-electron chi connectivity index (χ4n) is 2.15. The first-order valence-corrected chi connectivity index (χ1v) is 4.96. The number of hydrogen-bond donors (Lipinski definition) is 0. The van der Waals surface area contributed by atoms with Gasteiger partial charge in [-0.3, -0.25) is 0 Å². The minimum Gasteiger partial charge on any atom is -0.155 e. The second-order valence-corrected chi connectivity index (χ2v) is 5.07. The molecule has 52 valence electrons. The summed E-state index contributed by atoms with van der Waals surface area (Å²) in [5.74, 6) is 1.09. The van der Waals surface area contributed by atoms with Crippen molar-refractivity contribution in [2.24, 2.45) is 5.92 Å². The minimum atomic E-state index is 0.984. The van der Waals surface area contributed by atoms with E-state index in [1.807, 2.05) is 0 Å². The average molecular weight is 142 g/mol. The maximum Gasteiger partial charge on any atom is 0.00528 e. The van der Waals surface area contributed by atoms with Crippen LogP contribution in [0.25, 0.3) is 0 Å². The third-order valence-corrected chi connectivity index (χ3v) is 4.36. The van der Waals surface area contributed by atoms with Crippen molar-refractivity contribution >= 4 is 11.8 Å². The lowest BCUT2D eigenvalue weighted by atomic mass is 9.88. The highest BCUT2D eigenvalue weighted by Crippen LogP contribution is 2.46. The van der Waals surface area contributed by atoms with Gasteiger partial charge in [0.25, 0.3) is 0 Å². The van der Waals surface area contributed by atoms with E-state index in [2.05, 4.69) is 18.7 Å². The van der Waals surface area contributed by atoms with Crippen molar-refractivity contribution in [2.75, 3.05) is 0 Å². The van der Waals surface area contributed by atoms with Gasteiger partial charge in [0.05, 0.1) is 0 Å². The van der Waals surface area contributed by atoms with Crippen LogP contribution in [0.5, 0.6) is 0 Å². The third kappa shape index (κ3) is 1.000. The SMILES string of the molecule is C[C@H]1S[C@H]2CCC[C@@H]1C2. The Morgan fingerprint density at radius 3 is 2.89 bits per heavy atom. The van der Waals surface area contributed by atoms with E-state index in [1.165, 1.54) is 25.7 Å². The van der Waals surface area contributed by atoms with Gasteiger partial charge in [-0.1, -0.05) is 13.3 Å². The highest BCUT2D eigenvalue weighted by Gasteiger charge is 2.34. The summed E-state index contributed by atoms with van der Waals surface area (Å²) in [4.78, 5) is 0. The topological polar surface area (TPSA) is 0 Å². The molecule has 1 saturated carbocycles. The monoisotopic (exact) mass is 142 g/mol. The maximum atomic E-state index is 2.40. The highest BCUT2D eigenvalue weighted by molar-refractivity contribution is 8.00. The van der Waals surface area contributed by atoms with Crippen LogP contribution >= 0.6 is 11.8 Å². The second kappa shape index (κ2) is 2.19. The van der Waals surface area contributed by atoms with Gasteiger partial charge in [0, 0.05) is 10.5 Å². The van der Waals surface area contributed by atoms with Crippen LogP contribution in [0.3, 0.4) is 0 Å². The minimum absolute atomic E-state index is 0.984. The number of rotatable bonds is 0. The number of fused-ring (bicyclic) bond motifs is 2. The largest absolute Gasteiger partial charge is 0.155 e. The van der Waals surface area contributed by atoms with Crippen LogP contribution in [0.2, 0.25) is 0 Å². The molecule has 1 aliphatic carbocycles. The molecule has 1 heteroatoms. The van der Waals surface area contributed by atoms with Gasteiger partial charge < -0.3 is 0 Å². The molecular formula is C8H14S. The Bertz CT molecular complexity index is 109. The zero-order valence-electron chi connectivity index (χ0n) is 5.97. The Kier molecular flexibility index (Phi) is 1.48. The lowest BCUT2D eigenvalue weighted by molar-refractivity contribution is 0.391. The molecule has 3 atom stereocenters. The van der Waals surface area contributed by atoms with Gasteiger partial charge in [-0.05, 0) is 25.2 Å². The zero-order valence-corrected chi connectivity index (χ0v) is 6.79. The molecule has 1 saturated heterocycles. The third-order valence-electron chi connectivity index (χ3n) is 2.74. The van der Waals surface area contributed by atoms with E-state index in [4.69, 9.17) is 0 Å². The lowest BCUT2D eigenvalue weighted by Crippen LogP contribution is -2.11. The predicted molar refractivity (Wildman–Crippen MR) is 42.8 cm³/mol. The van der Waals surface area contributed by atoms with Crippen LogP contribution in [0.4, 0.5) is 0 Å². The maximum absolute atomic E-state index is 2.40. The Hall–Kier alpha value is 0.350. The molecule has 2 bridgehead atoms. The van der Waals surface area contributed by atoms with Crippen LogP contribution in [0.1, 0.15) is 32.6 Å². The fourth-order valence-corrected chi connectivity index (χ4v) is 3.88.